The van der Waals surface area contributed by atoms with Crippen LogP contribution in [-0.2, 0) is 0 Å². The fourth-order valence-corrected chi connectivity index (χ4v) is 0.694. The molecule has 0 fully saturated rings. The number of hydrogen-bond acceptors (Lipinski definition) is 1. The zero-order chi connectivity index (χ0) is 9.46. The molecule has 0 heterocycles. The second-order valence-corrected chi connectivity index (χ2v) is 2.52. The number of benzene rings is 1. The van der Waals surface area contributed by atoms with Crippen molar-refractivity contribution in [1.82, 2.24) is 0 Å². The Morgan fingerprint density at radius 2 is 2.33 bits per heavy atom. The maximum Gasteiger partial charge on any atom is 0.131 e. The predicted octanol–water partition coefficient (Wildman–Crippen LogP) is 2.81. The van der Waals surface area contributed by atoms with E-state index >= 15 is 0 Å². The van der Waals surface area contributed by atoms with Gasteiger partial charge in [-0.25, -0.2) is 0 Å². The van der Waals surface area contributed by atoms with Crippen molar-refractivity contribution in [3.8, 4) is 5.75 Å². The Hall–Kier alpha value is -0.210. The Balaban J connectivity index is 3.60. The molecule has 1 aromatic carbocycles. The van der Waals surface area contributed by atoms with Crippen LogP contribution in [0.1, 0.15) is 4.11 Å². The largest absolute Gasteiger partial charge is 0.507 e. The lowest BCUT2D eigenvalue weighted by Gasteiger charge is -1.94. The minimum Gasteiger partial charge on any atom is -0.507 e. The molecule has 0 saturated heterocycles. The lowest BCUT2D eigenvalue weighted by Crippen LogP contribution is -1.66. The van der Waals surface area contributed by atoms with Gasteiger partial charge in [-0.3, -0.25) is 0 Å². The highest BCUT2D eigenvalue weighted by Gasteiger charge is 1.95. The van der Waals surface area contributed by atoms with E-state index in [9.17, 15) is 5.11 Å². The van der Waals surface area contributed by atoms with E-state index in [1.165, 1.54) is 0 Å². The quantitative estimate of drug-likeness (QED) is 0.698. The molecule has 0 radical (unpaired) electrons. The van der Waals surface area contributed by atoms with E-state index in [-0.39, 0.29) is 27.6 Å². The Labute approximate surface area is 70.6 Å². The van der Waals surface area contributed by atoms with Gasteiger partial charge in [0.2, 0.25) is 0 Å². The fourth-order valence-electron chi connectivity index (χ4n) is 0.359. The van der Waals surface area contributed by atoms with Gasteiger partial charge in [-0.1, -0.05) is 11.6 Å². The highest BCUT2D eigenvalue weighted by Crippen LogP contribution is 2.26. The summed E-state index contributed by atoms with van der Waals surface area (Å²) in [5.41, 5.74) is 0. The van der Waals surface area contributed by atoms with Gasteiger partial charge in [0.05, 0.1) is 8.58 Å². The average molecular weight is 210 g/mol. The van der Waals surface area contributed by atoms with E-state index in [0.29, 0.717) is 0 Å². The molecule has 0 bridgehead atoms. The summed E-state index contributed by atoms with van der Waals surface area (Å²) in [6.45, 7) is 0. The Kier molecular flexibility index (Phi) is 1.10. The summed E-state index contributed by atoms with van der Waals surface area (Å²) in [7, 11) is 0. The summed E-state index contributed by atoms with van der Waals surface area (Å²) in [5, 5.41) is 8.96. The summed E-state index contributed by atoms with van der Waals surface area (Å²) in [6, 6.07) is -0.801. The third kappa shape index (κ3) is 1.60. The van der Waals surface area contributed by atoms with E-state index in [1.54, 1.807) is 0 Å². The van der Waals surface area contributed by atoms with Crippen LogP contribution in [0.15, 0.2) is 22.6 Å². The van der Waals surface area contributed by atoms with Crippen molar-refractivity contribution < 1.29 is 9.22 Å². The monoisotopic (exact) mass is 209 g/mol. The first-order valence-electron chi connectivity index (χ1n) is 3.60. The number of hydrogen-bond donors (Lipinski definition) is 1. The summed E-state index contributed by atoms with van der Waals surface area (Å²) in [5.74, 6) is -0.402. The van der Waals surface area contributed by atoms with Crippen molar-refractivity contribution in [2.45, 2.75) is 0 Å². The van der Waals surface area contributed by atoms with Gasteiger partial charge in [-0.05, 0) is 34.1 Å². The van der Waals surface area contributed by atoms with Crippen LogP contribution in [-0.4, -0.2) is 5.11 Å². The van der Waals surface area contributed by atoms with Crippen molar-refractivity contribution in [1.29, 1.82) is 0 Å². The van der Waals surface area contributed by atoms with Crippen LogP contribution in [0.2, 0.25) is 5.02 Å². The molecule has 0 aliphatic heterocycles. The van der Waals surface area contributed by atoms with Crippen LogP contribution in [0.4, 0.5) is 0 Å². The van der Waals surface area contributed by atoms with Crippen LogP contribution in [0.25, 0.3) is 0 Å². The first-order valence-corrected chi connectivity index (χ1v) is 3.27. The molecule has 0 amide bonds. The van der Waals surface area contributed by atoms with Crippen LogP contribution < -0.4 is 0 Å². The van der Waals surface area contributed by atoms with Crippen LogP contribution in [0.5, 0.6) is 5.75 Å². The van der Waals surface area contributed by atoms with E-state index in [2.05, 4.69) is 15.9 Å². The summed E-state index contributed by atoms with van der Waals surface area (Å²) < 4.78 is 21.7. The third-order valence-corrected chi connectivity index (χ3v) is 1.48. The molecule has 1 N–H and O–H groups in total. The van der Waals surface area contributed by atoms with E-state index in [4.69, 9.17) is 15.7 Å². The third-order valence-electron chi connectivity index (χ3n) is 0.718. The molecule has 0 spiro atoms. The molecule has 3 heteroatoms. The Morgan fingerprint density at radius 1 is 1.67 bits per heavy atom. The van der Waals surface area contributed by atoms with Crippen LogP contribution >= 0.6 is 27.5 Å². The van der Waals surface area contributed by atoms with Gasteiger partial charge in [0.15, 0.2) is 0 Å². The zero-order valence-corrected chi connectivity index (χ0v) is 6.55. The molecule has 9 heavy (non-hydrogen) atoms. The molecule has 0 atom stereocenters. The smallest absolute Gasteiger partial charge is 0.131 e. The lowest BCUT2D eigenvalue weighted by atomic mass is 10.3. The van der Waals surface area contributed by atoms with Gasteiger partial charge in [-0.15, -0.1) is 0 Å². The molecule has 0 unspecified atom stereocenters. The molecule has 0 aliphatic carbocycles. The van der Waals surface area contributed by atoms with Gasteiger partial charge in [-0.2, -0.15) is 0 Å². The lowest BCUT2D eigenvalue weighted by molar-refractivity contribution is 0.472. The highest BCUT2D eigenvalue weighted by atomic mass is 79.9. The summed E-state index contributed by atoms with van der Waals surface area (Å²) in [6.07, 6.45) is 0. The summed E-state index contributed by atoms with van der Waals surface area (Å²) in [4.78, 5) is 0. The molecule has 1 rings (SSSR count). The van der Waals surface area contributed by atoms with Crippen molar-refractivity contribution in [2.75, 3.05) is 0 Å². The first-order chi connectivity index (χ1) is 5.46. The van der Waals surface area contributed by atoms with E-state index in [0.717, 1.165) is 0 Å². The highest BCUT2D eigenvalue weighted by molar-refractivity contribution is 9.10. The summed E-state index contributed by atoms with van der Waals surface area (Å²) >= 11 is 8.36. The molecule has 0 saturated carbocycles. The number of rotatable bonds is 0. The number of phenolic OH excluding ortho intramolecular Hbond substituents is 1. The Bertz CT molecular complexity index is 237. The predicted molar refractivity (Wildman–Crippen MR) is 40.8 cm³/mol. The zero-order valence-electron chi connectivity index (χ0n) is 7.20. The number of aromatic hydroxyl groups is 1. The minimum atomic E-state index is -0.402. The molecular formula is C6H4BrClO. The normalized spacial score (nSPS) is 14.2. The second kappa shape index (κ2) is 2.58. The molecule has 0 aromatic heterocycles. The van der Waals surface area contributed by atoms with Crippen LogP contribution in [0, 0.1) is 0 Å². The molecule has 0 aliphatic rings. The molecule has 1 aromatic rings. The van der Waals surface area contributed by atoms with Crippen LogP contribution in [0.3, 0.4) is 0 Å². The second-order valence-electron chi connectivity index (χ2n) is 1.35. The van der Waals surface area contributed by atoms with Crippen molar-refractivity contribution in [3.63, 3.8) is 0 Å². The van der Waals surface area contributed by atoms with Crippen molar-refractivity contribution in [3.05, 3.63) is 27.6 Å². The van der Waals surface area contributed by atoms with Gasteiger partial charge >= 0.3 is 0 Å². The number of halogens is 2. The van der Waals surface area contributed by atoms with Gasteiger partial charge in [0, 0.05) is 5.02 Å². The average Bonchev–Trinajstić information content (AvgIpc) is 2.08. The Morgan fingerprint density at radius 3 is 3.00 bits per heavy atom. The maximum absolute atomic E-state index is 9.17. The van der Waals surface area contributed by atoms with Crippen molar-refractivity contribution in [2.24, 2.45) is 0 Å². The van der Waals surface area contributed by atoms with E-state index < -0.39 is 5.75 Å². The topological polar surface area (TPSA) is 20.2 Å². The molecular weight excluding hydrogens is 203 g/mol. The minimum absolute atomic E-state index is 0.0295. The van der Waals surface area contributed by atoms with Crippen molar-refractivity contribution >= 4 is 27.5 Å². The van der Waals surface area contributed by atoms with Gasteiger partial charge in [0.25, 0.3) is 0 Å². The number of phenols is 1. The van der Waals surface area contributed by atoms with E-state index in [1.807, 2.05) is 0 Å². The molecule has 1 nitrogen and oxygen atoms in total. The first kappa shape index (κ1) is 3.84. The molecule has 48 valence electrons. The van der Waals surface area contributed by atoms with Gasteiger partial charge < -0.3 is 5.11 Å². The SMILES string of the molecule is [2H]c1c([2H])c(Br)c(O)c([2H])c1Cl. The van der Waals surface area contributed by atoms with Gasteiger partial charge in [0.1, 0.15) is 5.75 Å². The maximum atomic E-state index is 9.17. The standard InChI is InChI=1S/C6H4BrClO/c7-5-2-1-4(8)3-6(5)9/h1-3,9H/i1D,2D,3D. The fraction of sp³-hybridized carbons (Fsp3) is 0.